The van der Waals surface area contributed by atoms with Gasteiger partial charge in [-0.15, -0.1) is 11.3 Å². The Kier molecular flexibility index (Phi) is 4.43. The van der Waals surface area contributed by atoms with E-state index in [0.29, 0.717) is 5.56 Å². The molecule has 2 atom stereocenters. The number of benzene rings is 1. The first-order chi connectivity index (χ1) is 9.51. The molecule has 0 amide bonds. The van der Waals surface area contributed by atoms with E-state index in [0.717, 1.165) is 16.2 Å². The van der Waals surface area contributed by atoms with Gasteiger partial charge >= 0.3 is 0 Å². The van der Waals surface area contributed by atoms with Crippen LogP contribution in [0.1, 0.15) is 33.9 Å². The van der Waals surface area contributed by atoms with E-state index in [9.17, 15) is 0 Å². The molecule has 2 unspecified atom stereocenters. The van der Waals surface area contributed by atoms with E-state index in [1.165, 1.54) is 4.88 Å². The van der Waals surface area contributed by atoms with Gasteiger partial charge in [-0.05, 0) is 50.6 Å². The van der Waals surface area contributed by atoms with Crippen molar-refractivity contribution in [2.75, 3.05) is 0 Å². The monoisotopic (exact) mass is 286 g/mol. The second-order valence-electron chi connectivity index (χ2n) is 4.94. The zero-order valence-electron chi connectivity index (χ0n) is 11.9. The molecule has 1 heterocycles. The third kappa shape index (κ3) is 3.19. The number of hydrogen-bond donors (Lipinski definition) is 1. The SMILES string of the molecule is Cc1ccc(C(Oc2cc(C#N)ccc2C)C(C)N)s1. The summed E-state index contributed by atoms with van der Waals surface area (Å²) in [6.07, 6.45) is -0.193. The topological polar surface area (TPSA) is 59.0 Å². The molecule has 4 heteroatoms. The van der Waals surface area contributed by atoms with Gasteiger partial charge in [0, 0.05) is 15.8 Å². The third-order valence-corrected chi connectivity index (χ3v) is 4.15. The van der Waals surface area contributed by atoms with Crippen LogP contribution in [0, 0.1) is 25.2 Å². The van der Waals surface area contributed by atoms with Crippen molar-refractivity contribution >= 4 is 11.3 Å². The van der Waals surface area contributed by atoms with Crippen LogP contribution in [0.15, 0.2) is 30.3 Å². The number of hydrogen-bond acceptors (Lipinski definition) is 4. The Hall–Kier alpha value is -1.83. The van der Waals surface area contributed by atoms with Crippen LogP contribution in [0.25, 0.3) is 0 Å². The standard InChI is InChI=1S/C16H18N2OS/c1-10-4-6-13(9-17)8-14(10)19-16(12(3)18)15-7-5-11(2)20-15/h4-8,12,16H,18H2,1-3H3. The summed E-state index contributed by atoms with van der Waals surface area (Å²) in [5, 5.41) is 8.99. The van der Waals surface area contributed by atoms with Crippen molar-refractivity contribution in [1.82, 2.24) is 0 Å². The van der Waals surface area contributed by atoms with Gasteiger partial charge in [-0.1, -0.05) is 6.07 Å². The summed E-state index contributed by atoms with van der Waals surface area (Å²) in [5.41, 5.74) is 7.66. The molecule has 0 spiro atoms. The number of aryl methyl sites for hydroxylation is 2. The highest BCUT2D eigenvalue weighted by molar-refractivity contribution is 7.12. The molecule has 0 saturated carbocycles. The minimum atomic E-state index is -0.193. The summed E-state index contributed by atoms with van der Waals surface area (Å²) in [7, 11) is 0. The van der Waals surface area contributed by atoms with E-state index in [1.807, 2.05) is 19.9 Å². The molecule has 2 aromatic rings. The highest BCUT2D eigenvalue weighted by atomic mass is 32.1. The molecule has 0 aliphatic rings. The minimum absolute atomic E-state index is 0.127. The van der Waals surface area contributed by atoms with Gasteiger partial charge in [-0.3, -0.25) is 0 Å². The van der Waals surface area contributed by atoms with E-state index >= 15 is 0 Å². The first kappa shape index (κ1) is 14.6. The average Bonchev–Trinajstić information content (AvgIpc) is 2.83. The summed E-state index contributed by atoms with van der Waals surface area (Å²) in [4.78, 5) is 2.34. The fourth-order valence-electron chi connectivity index (χ4n) is 1.96. The van der Waals surface area contributed by atoms with Crippen molar-refractivity contribution in [3.63, 3.8) is 0 Å². The van der Waals surface area contributed by atoms with Crippen LogP contribution in [0.5, 0.6) is 5.75 Å². The predicted octanol–water partition coefficient (Wildman–Crippen LogP) is 3.70. The van der Waals surface area contributed by atoms with E-state index in [2.05, 4.69) is 25.1 Å². The number of nitriles is 1. The molecule has 0 fully saturated rings. The van der Waals surface area contributed by atoms with Gasteiger partial charge in [-0.25, -0.2) is 0 Å². The summed E-state index contributed by atoms with van der Waals surface area (Å²) in [6.45, 7) is 5.96. The van der Waals surface area contributed by atoms with Gasteiger partial charge in [-0.2, -0.15) is 5.26 Å². The predicted molar refractivity (Wildman–Crippen MR) is 82.0 cm³/mol. The molecule has 1 aromatic carbocycles. The summed E-state index contributed by atoms with van der Waals surface area (Å²) >= 11 is 1.69. The average molecular weight is 286 g/mol. The van der Waals surface area contributed by atoms with Crippen molar-refractivity contribution in [3.05, 3.63) is 51.2 Å². The molecule has 0 aliphatic carbocycles. The molecule has 20 heavy (non-hydrogen) atoms. The molecule has 0 radical (unpaired) electrons. The number of ether oxygens (including phenoxy) is 1. The maximum atomic E-state index is 8.99. The Morgan fingerprint density at radius 1 is 1.25 bits per heavy atom. The van der Waals surface area contributed by atoms with Gasteiger partial charge < -0.3 is 10.5 Å². The van der Waals surface area contributed by atoms with E-state index in [-0.39, 0.29) is 12.1 Å². The van der Waals surface area contributed by atoms with Crippen molar-refractivity contribution in [2.24, 2.45) is 5.73 Å². The van der Waals surface area contributed by atoms with Gasteiger partial charge in [0.1, 0.15) is 11.9 Å². The zero-order valence-corrected chi connectivity index (χ0v) is 12.7. The largest absolute Gasteiger partial charge is 0.483 e. The van der Waals surface area contributed by atoms with Crippen LogP contribution in [0.4, 0.5) is 0 Å². The summed E-state index contributed by atoms with van der Waals surface area (Å²) in [5.74, 6) is 0.720. The quantitative estimate of drug-likeness (QED) is 0.932. The maximum Gasteiger partial charge on any atom is 0.148 e. The lowest BCUT2D eigenvalue weighted by molar-refractivity contribution is 0.183. The second kappa shape index (κ2) is 6.08. The van der Waals surface area contributed by atoms with Crippen molar-refractivity contribution in [2.45, 2.75) is 32.9 Å². The fourth-order valence-corrected chi connectivity index (χ4v) is 2.99. The van der Waals surface area contributed by atoms with Gasteiger partial charge in [0.05, 0.1) is 11.6 Å². The zero-order chi connectivity index (χ0) is 14.7. The number of thiophene rings is 1. The number of nitrogens with two attached hydrogens (primary N) is 1. The molecule has 104 valence electrons. The van der Waals surface area contributed by atoms with Crippen LogP contribution in [-0.4, -0.2) is 6.04 Å². The van der Waals surface area contributed by atoms with Crippen molar-refractivity contribution < 1.29 is 4.74 Å². The van der Waals surface area contributed by atoms with Gasteiger partial charge in [0.15, 0.2) is 0 Å². The Morgan fingerprint density at radius 2 is 2.00 bits per heavy atom. The lowest BCUT2D eigenvalue weighted by Gasteiger charge is -2.22. The molecular formula is C16H18N2OS. The number of nitrogens with zero attached hydrogens (tertiary/aromatic N) is 1. The summed E-state index contributed by atoms with van der Waals surface area (Å²) in [6, 6.07) is 11.6. The highest BCUT2D eigenvalue weighted by Crippen LogP contribution is 2.31. The highest BCUT2D eigenvalue weighted by Gasteiger charge is 2.20. The Balaban J connectivity index is 2.32. The second-order valence-corrected chi connectivity index (χ2v) is 6.26. The van der Waals surface area contributed by atoms with Crippen LogP contribution in [0.2, 0.25) is 0 Å². The minimum Gasteiger partial charge on any atom is -0.483 e. The fraction of sp³-hybridized carbons (Fsp3) is 0.312. The number of rotatable bonds is 4. The lowest BCUT2D eigenvalue weighted by atomic mass is 10.1. The van der Waals surface area contributed by atoms with Crippen LogP contribution in [-0.2, 0) is 0 Å². The van der Waals surface area contributed by atoms with Crippen molar-refractivity contribution in [3.8, 4) is 11.8 Å². The first-order valence-electron chi connectivity index (χ1n) is 6.50. The first-order valence-corrected chi connectivity index (χ1v) is 7.32. The van der Waals surface area contributed by atoms with E-state index in [1.54, 1.807) is 23.5 Å². The van der Waals surface area contributed by atoms with E-state index in [4.69, 9.17) is 15.7 Å². The normalized spacial score (nSPS) is 13.6. The van der Waals surface area contributed by atoms with E-state index < -0.39 is 0 Å². The summed E-state index contributed by atoms with van der Waals surface area (Å²) < 4.78 is 6.08. The molecule has 0 aliphatic heterocycles. The Labute approximate surface area is 123 Å². The Morgan fingerprint density at radius 3 is 2.55 bits per heavy atom. The molecular weight excluding hydrogens is 268 g/mol. The molecule has 0 saturated heterocycles. The van der Waals surface area contributed by atoms with Crippen LogP contribution in [0.3, 0.4) is 0 Å². The van der Waals surface area contributed by atoms with Crippen molar-refractivity contribution in [1.29, 1.82) is 5.26 Å². The maximum absolute atomic E-state index is 8.99. The van der Waals surface area contributed by atoms with Crippen LogP contribution < -0.4 is 10.5 Å². The molecule has 3 nitrogen and oxygen atoms in total. The third-order valence-electron chi connectivity index (χ3n) is 3.09. The lowest BCUT2D eigenvalue weighted by Crippen LogP contribution is -2.28. The van der Waals surface area contributed by atoms with Gasteiger partial charge in [0.25, 0.3) is 0 Å². The molecule has 1 aromatic heterocycles. The van der Waals surface area contributed by atoms with Crippen LogP contribution >= 0.6 is 11.3 Å². The smallest absolute Gasteiger partial charge is 0.148 e. The molecule has 0 bridgehead atoms. The van der Waals surface area contributed by atoms with Gasteiger partial charge in [0.2, 0.25) is 0 Å². The Bertz CT molecular complexity index is 640. The molecule has 2 rings (SSSR count). The molecule has 2 N–H and O–H groups in total.